The minimum atomic E-state index is -0.869. The van der Waals surface area contributed by atoms with Crippen molar-refractivity contribution in [2.75, 3.05) is 31.5 Å². The summed E-state index contributed by atoms with van der Waals surface area (Å²) >= 11 is 0. The first-order chi connectivity index (χ1) is 25.6. The molecule has 1 aromatic heterocycles. The van der Waals surface area contributed by atoms with Crippen molar-refractivity contribution in [2.45, 2.75) is 96.8 Å². The Bertz CT molecular complexity index is 1730. The zero-order chi connectivity index (χ0) is 37.5. The molecule has 3 aliphatic rings. The standard InChI is InChI=1S/C41H54FN7O4/c1-4-49-35(18-19-43-49)39(51)46-38(31-14-10-27(2)11-15-31)40(52)44-34-17-16-32(25-33(34)42)28(3)37(45-36(50)24-29-12-13-29)41(53)48-22-20-47(21-23-48)26-30-8-6-5-7-9-30/h5-9,16-19,25,27-29,31,37-38H,4,10-15,20-24,26H2,1-3H3,(H,44,52)(H,45,50)(H,46,51)/t27?,28-,31?,37+,38-/m0/s1. The Hall–Kier alpha value is -4.58. The Morgan fingerprint density at radius 2 is 1.62 bits per heavy atom. The van der Waals surface area contributed by atoms with Crippen LogP contribution < -0.4 is 16.0 Å². The average molecular weight is 728 g/mol. The van der Waals surface area contributed by atoms with Gasteiger partial charge in [0.1, 0.15) is 23.6 Å². The number of nitrogens with zero attached hydrogens (tertiary/aromatic N) is 4. The molecule has 0 spiro atoms. The number of carbonyl (C=O) groups excluding carboxylic acids is 4. The highest BCUT2D eigenvalue weighted by atomic mass is 19.1. The van der Waals surface area contributed by atoms with Gasteiger partial charge in [0.2, 0.25) is 17.7 Å². The molecule has 2 aliphatic carbocycles. The molecule has 6 rings (SSSR count). The van der Waals surface area contributed by atoms with E-state index in [-0.39, 0.29) is 23.4 Å². The SMILES string of the molecule is CCn1nccc1C(=O)N[C@H](C(=O)Nc1ccc([C@H](C)[C@@H](NC(=O)CC2CC2)C(=O)N2CCN(Cc3ccccc3)CC2)cc1F)C1CCC(C)CC1. The van der Waals surface area contributed by atoms with E-state index in [0.29, 0.717) is 62.2 Å². The van der Waals surface area contributed by atoms with Gasteiger partial charge in [-0.1, -0.05) is 63.1 Å². The Morgan fingerprint density at radius 1 is 0.906 bits per heavy atom. The summed E-state index contributed by atoms with van der Waals surface area (Å²) in [4.78, 5) is 58.4. The summed E-state index contributed by atoms with van der Waals surface area (Å²) in [5.41, 5.74) is 2.11. The number of hydrogen-bond donors (Lipinski definition) is 3. The predicted molar refractivity (Wildman–Crippen MR) is 201 cm³/mol. The van der Waals surface area contributed by atoms with Crippen LogP contribution in [0.1, 0.15) is 93.3 Å². The lowest BCUT2D eigenvalue weighted by atomic mass is 9.79. The molecule has 11 nitrogen and oxygen atoms in total. The van der Waals surface area contributed by atoms with Crippen molar-refractivity contribution in [1.29, 1.82) is 0 Å². The summed E-state index contributed by atoms with van der Waals surface area (Å²) < 4.78 is 17.5. The van der Waals surface area contributed by atoms with Gasteiger partial charge < -0.3 is 20.9 Å². The highest BCUT2D eigenvalue weighted by Crippen LogP contribution is 2.34. The van der Waals surface area contributed by atoms with E-state index in [2.05, 4.69) is 45.0 Å². The monoisotopic (exact) mass is 727 g/mol. The summed E-state index contributed by atoms with van der Waals surface area (Å²) in [7, 11) is 0. The van der Waals surface area contributed by atoms with Gasteiger partial charge in [-0.25, -0.2) is 4.39 Å². The van der Waals surface area contributed by atoms with E-state index >= 15 is 4.39 Å². The molecule has 3 aromatic rings. The van der Waals surface area contributed by atoms with Gasteiger partial charge >= 0.3 is 0 Å². The molecule has 0 bridgehead atoms. The van der Waals surface area contributed by atoms with Crippen molar-refractivity contribution in [2.24, 2.45) is 17.8 Å². The summed E-state index contributed by atoms with van der Waals surface area (Å²) in [6.07, 6.45) is 7.38. The maximum Gasteiger partial charge on any atom is 0.270 e. The Labute approximate surface area is 312 Å². The zero-order valence-corrected chi connectivity index (χ0v) is 31.2. The molecule has 1 saturated heterocycles. The number of piperazine rings is 1. The number of anilines is 1. The third-order valence-electron chi connectivity index (χ3n) is 11.3. The van der Waals surface area contributed by atoms with Crippen molar-refractivity contribution in [1.82, 2.24) is 30.2 Å². The normalized spacial score (nSPS) is 20.9. The summed E-state index contributed by atoms with van der Waals surface area (Å²) in [5, 5.41) is 12.9. The number of rotatable bonds is 14. The number of benzene rings is 2. The molecular formula is C41H54FN7O4. The van der Waals surface area contributed by atoms with E-state index in [4.69, 9.17) is 0 Å². The second-order valence-electron chi connectivity index (χ2n) is 15.3. The lowest BCUT2D eigenvalue weighted by Crippen LogP contribution is -2.56. The molecule has 3 atom stereocenters. The Balaban J connectivity index is 1.14. The smallest absolute Gasteiger partial charge is 0.270 e. The third kappa shape index (κ3) is 9.90. The second-order valence-corrected chi connectivity index (χ2v) is 15.3. The second kappa shape index (κ2) is 17.5. The molecule has 4 amide bonds. The van der Waals surface area contributed by atoms with E-state index in [9.17, 15) is 19.2 Å². The molecule has 2 aromatic carbocycles. The minimum Gasteiger partial charge on any atom is -0.344 e. The van der Waals surface area contributed by atoms with Crippen LogP contribution in [0, 0.1) is 23.6 Å². The van der Waals surface area contributed by atoms with Crippen LogP contribution in [0.4, 0.5) is 10.1 Å². The molecule has 53 heavy (non-hydrogen) atoms. The number of halogens is 1. The molecule has 1 aliphatic heterocycles. The Morgan fingerprint density at radius 3 is 2.28 bits per heavy atom. The average Bonchev–Trinajstić information content (AvgIpc) is 3.84. The van der Waals surface area contributed by atoms with E-state index in [1.54, 1.807) is 27.9 Å². The van der Waals surface area contributed by atoms with Crippen LogP contribution in [-0.4, -0.2) is 81.5 Å². The molecular weight excluding hydrogens is 673 g/mol. The summed E-state index contributed by atoms with van der Waals surface area (Å²) in [6, 6.07) is 14.7. The topological polar surface area (TPSA) is 129 Å². The highest BCUT2D eigenvalue weighted by molar-refractivity contribution is 6.00. The van der Waals surface area contributed by atoms with Gasteiger partial charge in [0.25, 0.3) is 5.91 Å². The van der Waals surface area contributed by atoms with Crippen LogP contribution in [-0.2, 0) is 27.5 Å². The molecule has 3 fully saturated rings. The van der Waals surface area contributed by atoms with Gasteiger partial charge in [-0.15, -0.1) is 0 Å². The molecule has 2 heterocycles. The van der Waals surface area contributed by atoms with Gasteiger partial charge in [-0.05, 0) is 79.7 Å². The van der Waals surface area contributed by atoms with Crippen molar-refractivity contribution in [3.63, 3.8) is 0 Å². The van der Waals surface area contributed by atoms with Crippen LogP contribution >= 0.6 is 0 Å². The first-order valence-electron chi connectivity index (χ1n) is 19.4. The number of nitrogens with one attached hydrogen (secondary N) is 3. The third-order valence-corrected chi connectivity index (χ3v) is 11.3. The molecule has 0 unspecified atom stereocenters. The zero-order valence-electron chi connectivity index (χ0n) is 31.2. The van der Waals surface area contributed by atoms with Crippen LogP contribution in [0.3, 0.4) is 0 Å². The number of carbonyl (C=O) groups is 4. The summed E-state index contributed by atoms with van der Waals surface area (Å²) in [5.74, 6) is -1.62. The van der Waals surface area contributed by atoms with Gasteiger partial charge in [0.15, 0.2) is 0 Å². The predicted octanol–water partition coefficient (Wildman–Crippen LogP) is 5.34. The first-order valence-corrected chi connectivity index (χ1v) is 19.4. The van der Waals surface area contributed by atoms with E-state index in [1.807, 2.05) is 32.0 Å². The number of amides is 4. The van der Waals surface area contributed by atoms with Gasteiger partial charge in [0.05, 0.1) is 5.69 Å². The number of aryl methyl sites for hydroxylation is 1. The van der Waals surface area contributed by atoms with Crippen molar-refractivity contribution in [3.8, 4) is 0 Å². The van der Waals surface area contributed by atoms with Crippen molar-refractivity contribution in [3.05, 3.63) is 83.4 Å². The molecule has 3 N–H and O–H groups in total. The fourth-order valence-corrected chi connectivity index (χ4v) is 7.71. The number of hydrogen-bond acceptors (Lipinski definition) is 6. The molecule has 12 heteroatoms. The fourth-order valence-electron chi connectivity index (χ4n) is 7.71. The minimum absolute atomic E-state index is 0.0110. The van der Waals surface area contributed by atoms with Crippen LogP contribution in [0.5, 0.6) is 0 Å². The van der Waals surface area contributed by atoms with Gasteiger partial charge in [-0.2, -0.15) is 5.10 Å². The Kier molecular flexibility index (Phi) is 12.6. The van der Waals surface area contributed by atoms with Crippen molar-refractivity contribution < 1.29 is 23.6 Å². The number of aromatic nitrogens is 2. The fraction of sp³-hybridized carbons (Fsp3) is 0.537. The largest absolute Gasteiger partial charge is 0.344 e. The maximum atomic E-state index is 15.9. The van der Waals surface area contributed by atoms with E-state index in [1.165, 1.54) is 17.7 Å². The first kappa shape index (κ1) is 38.2. The van der Waals surface area contributed by atoms with Gasteiger partial charge in [0, 0.05) is 57.8 Å². The van der Waals surface area contributed by atoms with E-state index in [0.717, 1.165) is 45.1 Å². The van der Waals surface area contributed by atoms with Crippen molar-refractivity contribution >= 4 is 29.3 Å². The lowest BCUT2D eigenvalue weighted by molar-refractivity contribution is -0.138. The summed E-state index contributed by atoms with van der Waals surface area (Å²) in [6.45, 7) is 9.70. The van der Waals surface area contributed by atoms with Crippen LogP contribution in [0.25, 0.3) is 0 Å². The molecule has 2 saturated carbocycles. The van der Waals surface area contributed by atoms with Crippen LogP contribution in [0.2, 0.25) is 0 Å². The maximum absolute atomic E-state index is 15.9. The van der Waals surface area contributed by atoms with Gasteiger partial charge in [-0.3, -0.25) is 28.8 Å². The quantitative estimate of drug-likeness (QED) is 0.206. The van der Waals surface area contributed by atoms with E-state index < -0.39 is 35.6 Å². The lowest BCUT2D eigenvalue weighted by Gasteiger charge is -2.38. The molecule has 0 radical (unpaired) electrons. The highest BCUT2D eigenvalue weighted by Gasteiger charge is 2.36. The molecule has 284 valence electrons. The van der Waals surface area contributed by atoms with Crippen LogP contribution in [0.15, 0.2) is 60.8 Å².